The number of hydrogen-bond acceptors (Lipinski definition) is 5. The van der Waals surface area contributed by atoms with Crippen LogP contribution in [0.3, 0.4) is 0 Å². The van der Waals surface area contributed by atoms with Crippen LogP contribution in [0.25, 0.3) is 0 Å². The number of morpholine rings is 1. The van der Waals surface area contributed by atoms with Crippen LogP contribution in [0.4, 0.5) is 0 Å². The zero-order chi connectivity index (χ0) is 16.5. The highest BCUT2D eigenvalue weighted by molar-refractivity contribution is 7.94. The lowest BCUT2D eigenvalue weighted by molar-refractivity contribution is -0.167. The van der Waals surface area contributed by atoms with E-state index in [-0.39, 0.29) is 12.6 Å². The highest BCUT2D eigenvalue weighted by Gasteiger charge is 2.59. The Labute approximate surface area is 130 Å². The van der Waals surface area contributed by atoms with Gasteiger partial charge < -0.3 is 14.7 Å². The SMILES string of the molecule is CC(C)S(=O)(=O)C1(CC(=O)O)OCCN(C2CCCC2)C1=O. The summed E-state index contributed by atoms with van der Waals surface area (Å²) < 4.78 is 30.7. The van der Waals surface area contributed by atoms with Crippen molar-refractivity contribution in [2.75, 3.05) is 13.2 Å². The van der Waals surface area contributed by atoms with Gasteiger partial charge in [-0.1, -0.05) is 12.8 Å². The number of aliphatic carboxylic acids is 1. The van der Waals surface area contributed by atoms with Crippen LogP contribution in [0.1, 0.15) is 46.0 Å². The second-order valence-corrected chi connectivity index (χ2v) is 8.89. The number of carbonyl (C=O) groups is 2. The van der Waals surface area contributed by atoms with Crippen molar-refractivity contribution in [3.63, 3.8) is 0 Å². The largest absolute Gasteiger partial charge is 0.481 e. The van der Waals surface area contributed by atoms with Gasteiger partial charge in [0.05, 0.1) is 18.3 Å². The molecule has 1 N–H and O–H groups in total. The summed E-state index contributed by atoms with van der Waals surface area (Å²) in [7, 11) is -4.06. The zero-order valence-electron chi connectivity index (χ0n) is 12.9. The number of carboxylic acid groups (broad SMARTS) is 1. The maximum absolute atomic E-state index is 12.9. The molecule has 1 atom stereocenters. The Hall–Kier alpha value is -1.15. The molecule has 1 aliphatic heterocycles. The Kier molecular flexibility index (Phi) is 4.81. The highest BCUT2D eigenvalue weighted by atomic mass is 32.2. The van der Waals surface area contributed by atoms with E-state index in [0.717, 1.165) is 25.7 Å². The number of sulfone groups is 1. The Morgan fingerprint density at radius 1 is 1.41 bits per heavy atom. The number of hydrogen-bond donors (Lipinski definition) is 1. The van der Waals surface area contributed by atoms with Crippen LogP contribution < -0.4 is 0 Å². The summed E-state index contributed by atoms with van der Waals surface area (Å²) in [6.07, 6.45) is 2.80. The van der Waals surface area contributed by atoms with Crippen molar-refractivity contribution in [2.24, 2.45) is 0 Å². The number of rotatable bonds is 5. The Balaban J connectivity index is 2.43. The Bertz CT molecular complexity index is 552. The first kappa shape index (κ1) is 17.2. The average molecular weight is 333 g/mol. The van der Waals surface area contributed by atoms with E-state index in [0.29, 0.717) is 6.54 Å². The molecule has 1 amide bonds. The van der Waals surface area contributed by atoms with Gasteiger partial charge in [0.15, 0.2) is 9.84 Å². The number of amides is 1. The minimum Gasteiger partial charge on any atom is -0.481 e. The van der Waals surface area contributed by atoms with Crippen molar-refractivity contribution in [1.29, 1.82) is 0 Å². The molecule has 0 aromatic heterocycles. The third kappa shape index (κ3) is 2.74. The monoisotopic (exact) mass is 333 g/mol. The van der Waals surface area contributed by atoms with Gasteiger partial charge in [-0.25, -0.2) is 8.42 Å². The summed E-state index contributed by atoms with van der Waals surface area (Å²) in [5, 5.41) is 8.24. The van der Waals surface area contributed by atoms with Crippen molar-refractivity contribution in [3.8, 4) is 0 Å². The molecular weight excluding hydrogens is 310 g/mol. The number of ether oxygens (including phenoxy) is 1. The van der Waals surface area contributed by atoms with Crippen molar-refractivity contribution in [1.82, 2.24) is 4.90 Å². The predicted molar refractivity (Wildman–Crippen MR) is 79.0 cm³/mol. The fraction of sp³-hybridized carbons (Fsp3) is 0.857. The van der Waals surface area contributed by atoms with E-state index in [2.05, 4.69) is 0 Å². The van der Waals surface area contributed by atoms with Crippen LogP contribution in [-0.2, 0) is 24.2 Å². The molecule has 1 saturated carbocycles. The summed E-state index contributed by atoms with van der Waals surface area (Å²) in [5.41, 5.74) is 0. The van der Waals surface area contributed by atoms with E-state index in [1.54, 1.807) is 0 Å². The molecule has 0 aromatic carbocycles. The summed E-state index contributed by atoms with van der Waals surface area (Å²) >= 11 is 0. The molecule has 1 unspecified atom stereocenters. The minimum absolute atomic E-state index is 0.00747. The molecule has 0 radical (unpaired) electrons. The van der Waals surface area contributed by atoms with E-state index in [9.17, 15) is 18.0 Å². The first-order valence-electron chi connectivity index (χ1n) is 7.62. The quantitative estimate of drug-likeness (QED) is 0.798. The second-order valence-electron chi connectivity index (χ2n) is 6.20. The third-order valence-electron chi connectivity index (χ3n) is 4.48. The molecule has 7 nitrogen and oxygen atoms in total. The van der Waals surface area contributed by atoms with E-state index < -0.39 is 38.3 Å². The Morgan fingerprint density at radius 2 is 2.00 bits per heavy atom. The van der Waals surface area contributed by atoms with Crippen molar-refractivity contribution < 1.29 is 27.9 Å². The van der Waals surface area contributed by atoms with Gasteiger partial charge in [-0.05, 0) is 26.7 Å². The predicted octanol–water partition coefficient (Wildman–Crippen LogP) is 0.782. The van der Waals surface area contributed by atoms with Gasteiger partial charge in [0.25, 0.3) is 10.8 Å². The fourth-order valence-electron chi connectivity index (χ4n) is 3.27. The highest BCUT2D eigenvalue weighted by Crippen LogP contribution is 2.36. The second kappa shape index (κ2) is 6.16. The number of carboxylic acids is 1. The molecule has 2 rings (SSSR count). The maximum atomic E-state index is 12.9. The number of carbonyl (C=O) groups excluding carboxylic acids is 1. The summed E-state index contributed by atoms with van der Waals surface area (Å²) in [6.45, 7) is 3.23. The first-order chi connectivity index (χ1) is 10.2. The van der Waals surface area contributed by atoms with Gasteiger partial charge >= 0.3 is 5.97 Å². The van der Waals surface area contributed by atoms with Gasteiger partial charge in [0.1, 0.15) is 0 Å². The zero-order valence-corrected chi connectivity index (χ0v) is 13.8. The summed E-state index contributed by atoms with van der Waals surface area (Å²) in [6, 6.07) is -0.00747. The van der Waals surface area contributed by atoms with Gasteiger partial charge in [0, 0.05) is 12.6 Å². The van der Waals surface area contributed by atoms with Crippen molar-refractivity contribution >= 4 is 21.7 Å². The third-order valence-corrected chi connectivity index (χ3v) is 7.08. The lowest BCUT2D eigenvalue weighted by atomic mass is 10.1. The van der Waals surface area contributed by atoms with E-state index in [1.165, 1.54) is 18.7 Å². The standard InChI is InChI=1S/C14H23NO6S/c1-10(2)22(19,20)14(9-12(16)17)13(18)15(7-8-21-14)11-5-3-4-6-11/h10-11H,3-9H2,1-2H3,(H,16,17). The molecular formula is C14H23NO6S. The normalized spacial score (nSPS) is 27.6. The van der Waals surface area contributed by atoms with E-state index in [4.69, 9.17) is 9.84 Å². The molecule has 1 saturated heterocycles. The molecule has 1 heterocycles. The lowest BCUT2D eigenvalue weighted by Gasteiger charge is -2.43. The molecule has 126 valence electrons. The molecule has 22 heavy (non-hydrogen) atoms. The lowest BCUT2D eigenvalue weighted by Crippen LogP contribution is -2.64. The van der Waals surface area contributed by atoms with Gasteiger partial charge in [-0.15, -0.1) is 0 Å². The van der Waals surface area contributed by atoms with Gasteiger partial charge in [0.2, 0.25) is 0 Å². The van der Waals surface area contributed by atoms with Crippen LogP contribution in [0, 0.1) is 0 Å². The van der Waals surface area contributed by atoms with E-state index >= 15 is 0 Å². The minimum atomic E-state index is -4.06. The van der Waals surface area contributed by atoms with Crippen molar-refractivity contribution in [2.45, 2.75) is 62.2 Å². The molecule has 0 aromatic rings. The van der Waals surface area contributed by atoms with Crippen LogP contribution in [0.5, 0.6) is 0 Å². The average Bonchev–Trinajstić information content (AvgIpc) is 2.94. The maximum Gasteiger partial charge on any atom is 0.307 e. The molecule has 8 heteroatoms. The summed E-state index contributed by atoms with van der Waals surface area (Å²) in [5.74, 6) is -2.06. The topological polar surface area (TPSA) is 101 Å². The summed E-state index contributed by atoms with van der Waals surface area (Å²) in [4.78, 5) is 23.3. The van der Waals surface area contributed by atoms with Gasteiger partial charge in [-0.2, -0.15) is 0 Å². The molecule has 0 spiro atoms. The van der Waals surface area contributed by atoms with Crippen LogP contribution in [-0.4, -0.2) is 59.7 Å². The molecule has 2 aliphatic rings. The van der Waals surface area contributed by atoms with Crippen LogP contribution in [0.15, 0.2) is 0 Å². The molecule has 1 aliphatic carbocycles. The smallest absolute Gasteiger partial charge is 0.307 e. The fourth-order valence-corrected chi connectivity index (χ4v) is 4.96. The Morgan fingerprint density at radius 3 is 2.50 bits per heavy atom. The van der Waals surface area contributed by atoms with Crippen molar-refractivity contribution in [3.05, 3.63) is 0 Å². The van der Waals surface area contributed by atoms with Crippen LogP contribution in [0.2, 0.25) is 0 Å². The van der Waals surface area contributed by atoms with E-state index in [1.807, 2.05) is 0 Å². The molecule has 0 bridgehead atoms. The van der Waals surface area contributed by atoms with Gasteiger partial charge in [-0.3, -0.25) is 9.59 Å². The molecule has 2 fully saturated rings. The van der Waals surface area contributed by atoms with Crippen LogP contribution >= 0.6 is 0 Å². The number of nitrogens with zero attached hydrogens (tertiary/aromatic N) is 1. The first-order valence-corrected chi connectivity index (χ1v) is 9.17.